The van der Waals surface area contributed by atoms with Gasteiger partial charge >= 0.3 is 0 Å². The summed E-state index contributed by atoms with van der Waals surface area (Å²) in [5.41, 5.74) is 0.275. The second-order valence-corrected chi connectivity index (χ2v) is 6.80. The number of likely N-dealkylation sites (N-methyl/N-ethyl adjacent to an activating group) is 2. The van der Waals surface area contributed by atoms with Crippen molar-refractivity contribution in [2.24, 2.45) is 0 Å². The maximum Gasteiger partial charge on any atom is 0.295 e. The second-order valence-electron chi connectivity index (χ2n) is 6.80. The molecule has 1 saturated heterocycles. The Morgan fingerprint density at radius 2 is 1.81 bits per heavy atom. The van der Waals surface area contributed by atoms with E-state index in [0.717, 1.165) is 0 Å². The molecule has 1 aromatic rings. The van der Waals surface area contributed by atoms with Crippen molar-refractivity contribution in [1.29, 1.82) is 0 Å². The van der Waals surface area contributed by atoms with E-state index in [0.29, 0.717) is 6.54 Å². The molecule has 1 aromatic carbocycles. The molecule has 27 heavy (non-hydrogen) atoms. The van der Waals surface area contributed by atoms with Gasteiger partial charge in [0.2, 0.25) is 17.6 Å². The van der Waals surface area contributed by atoms with Gasteiger partial charge in [-0.1, -0.05) is 30.3 Å². The molecule has 0 bridgehead atoms. The molecule has 0 radical (unpaired) electrons. The smallest absolute Gasteiger partial charge is 0.295 e. The van der Waals surface area contributed by atoms with Crippen molar-refractivity contribution >= 4 is 23.5 Å². The molecule has 8 heteroatoms. The Balaban J connectivity index is 2.15. The summed E-state index contributed by atoms with van der Waals surface area (Å²) in [6.45, 7) is 2.53. The predicted octanol–water partition coefficient (Wildman–Crippen LogP) is -0.347. The zero-order valence-electron chi connectivity index (χ0n) is 15.9. The quantitative estimate of drug-likeness (QED) is 0.502. The maximum absolute atomic E-state index is 12.7. The van der Waals surface area contributed by atoms with Gasteiger partial charge in [-0.25, -0.2) is 0 Å². The van der Waals surface area contributed by atoms with Crippen LogP contribution in [0.5, 0.6) is 0 Å². The molecule has 1 heterocycles. The van der Waals surface area contributed by atoms with Crippen LogP contribution in [-0.4, -0.2) is 79.1 Å². The molecule has 146 valence electrons. The fraction of sp³-hybridized carbons (Fsp3) is 0.474. The first kappa shape index (κ1) is 20.6. The van der Waals surface area contributed by atoms with Crippen molar-refractivity contribution < 1.29 is 19.2 Å². The van der Waals surface area contributed by atoms with Crippen molar-refractivity contribution in [3.8, 4) is 0 Å². The molecule has 0 aromatic heterocycles. The highest BCUT2D eigenvalue weighted by Gasteiger charge is 2.42. The number of hydrogen-bond acceptors (Lipinski definition) is 5. The molecular formula is C19H26N4O4. The van der Waals surface area contributed by atoms with E-state index in [4.69, 9.17) is 0 Å². The van der Waals surface area contributed by atoms with Gasteiger partial charge in [0.05, 0.1) is 6.54 Å². The summed E-state index contributed by atoms with van der Waals surface area (Å²) in [6.07, 6.45) is 0.277. The number of ketones is 1. The Bertz CT molecular complexity index is 705. The van der Waals surface area contributed by atoms with Crippen LogP contribution in [0.2, 0.25) is 0 Å². The first-order valence-corrected chi connectivity index (χ1v) is 8.95. The Morgan fingerprint density at radius 3 is 2.41 bits per heavy atom. The Labute approximate surface area is 158 Å². The first-order valence-electron chi connectivity index (χ1n) is 8.95. The maximum atomic E-state index is 12.7. The van der Waals surface area contributed by atoms with Gasteiger partial charge in [-0.05, 0) is 27.4 Å². The average molecular weight is 374 g/mol. The lowest BCUT2D eigenvalue weighted by Crippen LogP contribution is -2.48. The zero-order chi connectivity index (χ0) is 20.0. The molecule has 0 aliphatic carbocycles. The molecule has 8 nitrogen and oxygen atoms in total. The van der Waals surface area contributed by atoms with Gasteiger partial charge in [0, 0.05) is 24.7 Å². The Morgan fingerprint density at radius 1 is 1.15 bits per heavy atom. The summed E-state index contributed by atoms with van der Waals surface area (Å²) in [4.78, 5) is 52.7. The van der Waals surface area contributed by atoms with Crippen molar-refractivity contribution in [1.82, 2.24) is 20.4 Å². The van der Waals surface area contributed by atoms with Gasteiger partial charge in [-0.2, -0.15) is 0 Å². The number of nitrogens with zero attached hydrogens (tertiary/aromatic N) is 2. The average Bonchev–Trinajstić information content (AvgIpc) is 3.04. The molecule has 1 aliphatic rings. The lowest BCUT2D eigenvalue weighted by atomic mass is 10.1. The summed E-state index contributed by atoms with van der Waals surface area (Å²) >= 11 is 0. The van der Waals surface area contributed by atoms with E-state index >= 15 is 0 Å². The normalized spacial score (nSPS) is 19.0. The van der Waals surface area contributed by atoms with Crippen LogP contribution in [0.1, 0.15) is 23.7 Å². The minimum absolute atomic E-state index is 0.123. The van der Waals surface area contributed by atoms with Crippen LogP contribution >= 0.6 is 0 Å². The van der Waals surface area contributed by atoms with E-state index in [1.165, 1.54) is 4.90 Å². The van der Waals surface area contributed by atoms with Crippen molar-refractivity contribution in [2.75, 3.05) is 33.7 Å². The van der Waals surface area contributed by atoms with E-state index in [1.54, 1.807) is 56.3 Å². The number of rotatable bonds is 7. The van der Waals surface area contributed by atoms with E-state index in [2.05, 4.69) is 10.6 Å². The number of likely N-dealkylation sites (tertiary alicyclic amines) is 1. The van der Waals surface area contributed by atoms with Gasteiger partial charge in [0.15, 0.2) is 0 Å². The van der Waals surface area contributed by atoms with E-state index in [-0.39, 0.29) is 42.9 Å². The Hall–Kier alpha value is -2.74. The van der Waals surface area contributed by atoms with Gasteiger partial charge < -0.3 is 20.4 Å². The molecule has 2 rings (SSSR count). The van der Waals surface area contributed by atoms with Crippen LogP contribution in [0.4, 0.5) is 0 Å². The number of carbonyl (C=O) groups is 4. The second kappa shape index (κ2) is 9.27. The van der Waals surface area contributed by atoms with Crippen LogP contribution in [0.3, 0.4) is 0 Å². The topological polar surface area (TPSA) is 98.8 Å². The molecule has 0 unspecified atom stereocenters. The van der Waals surface area contributed by atoms with E-state index < -0.39 is 17.7 Å². The number of Topliss-reactive ketones (excluding diaryl/α,β-unsaturated/α-hetero) is 1. The molecular weight excluding hydrogens is 348 g/mol. The number of nitrogens with one attached hydrogen (secondary N) is 2. The summed E-state index contributed by atoms with van der Waals surface area (Å²) in [7, 11) is 3.56. The molecule has 3 amide bonds. The minimum Gasteiger partial charge on any atom is -0.355 e. The van der Waals surface area contributed by atoms with Crippen LogP contribution in [0.25, 0.3) is 0 Å². The fourth-order valence-corrected chi connectivity index (χ4v) is 3.11. The van der Waals surface area contributed by atoms with E-state index in [1.807, 2.05) is 0 Å². The number of benzene rings is 1. The molecule has 0 spiro atoms. The van der Waals surface area contributed by atoms with Crippen LogP contribution in [-0.2, 0) is 14.4 Å². The van der Waals surface area contributed by atoms with E-state index in [9.17, 15) is 19.2 Å². The van der Waals surface area contributed by atoms with Crippen molar-refractivity contribution in [3.63, 3.8) is 0 Å². The fourth-order valence-electron chi connectivity index (χ4n) is 3.11. The number of hydrogen-bond donors (Lipinski definition) is 2. The third-order valence-corrected chi connectivity index (χ3v) is 4.27. The molecule has 2 N–H and O–H groups in total. The van der Waals surface area contributed by atoms with Gasteiger partial charge in [-0.3, -0.25) is 19.2 Å². The van der Waals surface area contributed by atoms with Gasteiger partial charge in [0.25, 0.3) is 5.91 Å². The lowest BCUT2D eigenvalue weighted by Gasteiger charge is -2.22. The molecule has 0 saturated carbocycles. The monoisotopic (exact) mass is 374 g/mol. The summed E-state index contributed by atoms with van der Waals surface area (Å²) in [5.74, 6) is -1.91. The SMILES string of the molecule is CCNC(=O)[C@@H]1C[C@@H](NC(=O)CN(C)C)CN1C(=O)C(=O)c1ccccc1. The number of amides is 3. The van der Waals surface area contributed by atoms with Crippen LogP contribution in [0.15, 0.2) is 30.3 Å². The van der Waals surface area contributed by atoms with Crippen LogP contribution < -0.4 is 10.6 Å². The molecule has 1 fully saturated rings. The summed E-state index contributed by atoms with van der Waals surface area (Å²) < 4.78 is 0. The predicted molar refractivity (Wildman–Crippen MR) is 100 cm³/mol. The van der Waals surface area contributed by atoms with Crippen molar-refractivity contribution in [2.45, 2.75) is 25.4 Å². The summed E-state index contributed by atoms with van der Waals surface area (Å²) in [6, 6.07) is 7.07. The zero-order valence-corrected chi connectivity index (χ0v) is 15.9. The van der Waals surface area contributed by atoms with Gasteiger partial charge in [-0.15, -0.1) is 0 Å². The highest BCUT2D eigenvalue weighted by Crippen LogP contribution is 2.20. The first-order chi connectivity index (χ1) is 12.8. The molecule has 1 aliphatic heterocycles. The third-order valence-electron chi connectivity index (χ3n) is 4.27. The highest BCUT2D eigenvalue weighted by atomic mass is 16.2. The highest BCUT2D eigenvalue weighted by molar-refractivity contribution is 6.43. The minimum atomic E-state index is -0.783. The largest absolute Gasteiger partial charge is 0.355 e. The van der Waals surface area contributed by atoms with Gasteiger partial charge in [0.1, 0.15) is 6.04 Å². The summed E-state index contributed by atoms with van der Waals surface area (Å²) in [5, 5.41) is 5.53. The number of carbonyl (C=O) groups excluding carboxylic acids is 4. The Kier molecular flexibility index (Phi) is 7.06. The molecule has 2 atom stereocenters. The van der Waals surface area contributed by atoms with Crippen LogP contribution in [0, 0.1) is 0 Å². The third kappa shape index (κ3) is 5.37. The lowest BCUT2D eigenvalue weighted by molar-refractivity contribution is -0.135. The standard InChI is InChI=1S/C19H26N4O4/c1-4-20-18(26)15-10-14(21-16(24)12-22(2)3)11-23(15)19(27)17(25)13-8-6-5-7-9-13/h5-9,14-15H,4,10-12H2,1-3H3,(H,20,26)(H,21,24)/t14-,15+/m1/s1. The van der Waals surface area contributed by atoms with Crippen molar-refractivity contribution in [3.05, 3.63) is 35.9 Å².